The molecule has 0 spiro atoms. The molecule has 1 aliphatic heterocycles. The van der Waals surface area contributed by atoms with E-state index in [9.17, 15) is 4.79 Å². The Bertz CT molecular complexity index is 841. The smallest absolute Gasteiger partial charge is 0.270 e. The van der Waals surface area contributed by atoms with E-state index in [2.05, 4.69) is 19.9 Å². The second kappa shape index (κ2) is 6.79. The van der Waals surface area contributed by atoms with Crippen molar-refractivity contribution in [3.8, 4) is 5.75 Å². The number of thiocarbonyl (C=S) groups is 1. The summed E-state index contributed by atoms with van der Waals surface area (Å²) >= 11 is 6.74. The summed E-state index contributed by atoms with van der Waals surface area (Å²) < 4.78 is 5.70. The lowest BCUT2D eigenvalue weighted by Crippen LogP contribution is -2.27. The summed E-state index contributed by atoms with van der Waals surface area (Å²) in [6.45, 7) is 4.13. The fraction of sp³-hybridized carbons (Fsp3) is 0.158. The van der Waals surface area contributed by atoms with Gasteiger partial charge in [0.2, 0.25) is 0 Å². The van der Waals surface area contributed by atoms with Crippen molar-refractivity contribution in [2.24, 2.45) is 0 Å². The molecule has 0 N–H and O–H groups in total. The second-order valence-electron chi connectivity index (χ2n) is 5.50. The highest BCUT2D eigenvalue weighted by atomic mass is 32.2. The number of amides is 1. The molecule has 1 amide bonds. The van der Waals surface area contributed by atoms with Gasteiger partial charge in [-0.3, -0.25) is 9.69 Å². The molecule has 1 saturated heterocycles. The van der Waals surface area contributed by atoms with Gasteiger partial charge < -0.3 is 4.74 Å². The standard InChI is InChI=1S/C19H17NO2S2/c1-12-5-4-6-14(13(12)2)11-17-18(21)20(19(23)24-17)15-7-9-16(22-3)10-8-15/h4-11H,1-3H3/b17-11-. The molecule has 122 valence electrons. The molecule has 0 aromatic heterocycles. The van der Waals surface area contributed by atoms with E-state index in [1.165, 1.54) is 22.9 Å². The molecule has 2 aromatic carbocycles. The number of thioether (sulfide) groups is 1. The lowest BCUT2D eigenvalue weighted by molar-refractivity contribution is -0.113. The number of benzene rings is 2. The number of hydrogen-bond donors (Lipinski definition) is 0. The van der Waals surface area contributed by atoms with Gasteiger partial charge in [-0.25, -0.2) is 0 Å². The van der Waals surface area contributed by atoms with Crippen LogP contribution >= 0.6 is 24.0 Å². The number of aryl methyl sites for hydroxylation is 1. The number of methoxy groups -OCH3 is 1. The van der Waals surface area contributed by atoms with Gasteiger partial charge in [-0.05, 0) is 60.9 Å². The predicted molar refractivity (Wildman–Crippen MR) is 105 cm³/mol. The Morgan fingerprint density at radius 2 is 1.83 bits per heavy atom. The Morgan fingerprint density at radius 3 is 2.50 bits per heavy atom. The second-order valence-corrected chi connectivity index (χ2v) is 7.18. The highest BCUT2D eigenvalue weighted by Crippen LogP contribution is 2.36. The minimum absolute atomic E-state index is 0.0870. The maximum Gasteiger partial charge on any atom is 0.270 e. The Morgan fingerprint density at radius 1 is 1.12 bits per heavy atom. The van der Waals surface area contributed by atoms with Crippen molar-refractivity contribution in [1.29, 1.82) is 0 Å². The van der Waals surface area contributed by atoms with E-state index < -0.39 is 0 Å². The van der Waals surface area contributed by atoms with Crippen LogP contribution in [0, 0.1) is 13.8 Å². The Balaban J connectivity index is 1.93. The van der Waals surface area contributed by atoms with E-state index in [0.29, 0.717) is 9.23 Å². The van der Waals surface area contributed by atoms with Gasteiger partial charge in [-0.1, -0.05) is 42.2 Å². The van der Waals surface area contributed by atoms with Crippen molar-refractivity contribution in [3.63, 3.8) is 0 Å². The summed E-state index contributed by atoms with van der Waals surface area (Å²) in [4.78, 5) is 15.0. The number of carbonyl (C=O) groups is 1. The van der Waals surface area contributed by atoms with Crippen LogP contribution < -0.4 is 9.64 Å². The van der Waals surface area contributed by atoms with Crippen molar-refractivity contribution in [2.75, 3.05) is 12.0 Å². The zero-order valence-electron chi connectivity index (χ0n) is 13.7. The van der Waals surface area contributed by atoms with Gasteiger partial charge in [0.25, 0.3) is 5.91 Å². The Kier molecular flexibility index (Phi) is 4.73. The summed E-state index contributed by atoms with van der Waals surface area (Å²) in [5, 5.41) is 0. The first-order valence-corrected chi connectivity index (χ1v) is 8.72. The van der Waals surface area contributed by atoms with Crippen molar-refractivity contribution in [3.05, 3.63) is 64.1 Å². The monoisotopic (exact) mass is 355 g/mol. The molecule has 1 fully saturated rings. The van der Waals surface area contributed by atoms with Crippen LogP contribution in [0.3, 0.4) is 0 Å². The molecular weight excluding hydrogens is 338 g/mol. The molecule has 2 aromatic rings. The van der Waals surface area contributed by atoms with Crippen molar-refractivity contribution >= 4 is 46.0 Å². The molecule has 3 rings (SSSR count). The number of carbonyl (C=O) groups excluding carboxylic acids is 1. The molecule has 0 saturated carbocycles. The SMILES string of the molecule is COc1ccc(N2C(=O)/C(=C/c3cccc(C)c3C)SC2=S)cc1. The highest BCUT2D eigenvalue weighted by Gasteiger charge is 2.33. The number of anilines is 1. The molecule has 1 aliphatic rings. The average Bonchev–Trinajstić information content (AvgIpc) is 2.86. The molecule has 0 unspecified atom stereocenters. The lowest BCUT2D eigenvalue weighted by Gasteiger charge is -2.14. The van der Waals surface area contributed by atoms with Crippen LogP contribution in [0.15, 0.2) is 47.4 Å². The largest absolute Gasteiger partial charge is 0.497 e. The molecule has 5 heteroatoms. The number of hydrogen-bond acceptors (Lipinski definition) is 4. The van der Waals surface area contributed by atoms with Gasteiger partial charge in [0.15, 0.2) is 4.32 Å². The normalized spacial score (nSPS) is 16.1. The van der Waals surface area contributed by atoms with E-state index in [-0.39, 0.29) is 5.91 Å². The van der Waals surface area contributed by atoms with Gasteiger partial charge in [0, 0.05) is 0 Å². The average molecular weight is 355 g/mol. The third kappa shape index (κ3) is 3.09. The van der Waals surface area contributed by atoms with Gasteiger partial charge in [0.05, 0.1) is 17.7 Å². The molecule has 0 bridgehead atoms. The van der Waals surface area contributed by atoms with E-state index >= 15 is 0 Å². The summed E-state index contributed by atoms with van der Waals surface area (Å²) in [6.07, 6.45) is 1.92. The third-order valence-corrected chi connectivity index (χ3v) is 5.36. The van der Waals surface area contributed by atoms with Crippen molar-refractivity contribution < 1.29 is 9.53 Å². The molecule has 0 radical (unpaired) electrons. The summed E-state index contributed by atoms with van der Waals surface area (Å²) in [5.41, 5.74) is 4.18. The maximum atomic E-state index is 12.8. The number of nitrogens with zero attached hydrogens (tertiary/aromatic N) is 1. The first kappa shape index (κ1) is 16.7. The fourth-order valence-corrected chi connectivity index (χ4v) is 3.78. The molecular formula is C19H17NO2S2. The van der Waals surface area contributed by atoms with E-state index in [0.717, 1.165) is 17.0 Å². The fourth-order valence-electron chi connectivity index (χ4n) is 2.49. The molecule has 1 heterocycles. The first-order chi connectivity index (χ1) is 11.5. The Labute approximate surface area is 151 Å². The highest BCUT2D eigenvalue weighted by molar-refractivity contribution is 8.27. The minimum atomic E-state index is -0.0870. The van der Waals surface area contributed by atoms with Crippen LogP contribution in [0.1, 0.15) is 16.7 Å². The van der Waals surface area contributed by atoms with Crippen molar-refractivity contribution in [1.82, 2.24) is 0 Å². The zero-order chi connectivity index (χ0) is 17.3. The van der Waals surface area contributed by atoms with Gasteiger partial charge in [-0.15, -0.1) is 0 Å². The summed E-state index contributed by atoms with van der Waals surface area (Å²) in [6, 6.07) is 13.4. The van der Waals surface area contributed by atoms with E-state index in [1.54, 1.807) is 12.0 Å². The van der Waals surface area contributed by atoms with E-state index in [1.807, 2.05) is 42.5 Å². The third-order valence-electron chi connectivity index (χ3n) is 4.06. The number of rotatable bonds is 3. The maximum absolute atomic E-state index is 12.8. The topological polar surface area (TPSA) is 29.5 Å². The first-order valence-electron chi connectivity index (χ1n) is 7.49. The zero-order valence-corrected chi connectivity index (χ0v) is 15.3. The summed E-state index contributed by atoms with van der Waals surface area (Å²) in [7, 11) is 1.61. The number of ether oxygens (including phenoxy) is 1. The summed E-state index contributed by atoms with van der Waals surface area (Å²) in [5.74, 6) is 0.659. The van der Waals surface area contributed by atoms with Crippen LogP contribution in [-0.2, 0) is 4.79 Å². The van der Waals surface area contributed by atoms with Crippen LogP contribution in [0.2, 0.25) is 0 Å². The van der Waals surface area contributed by atoms with Gasteiger partial charge in [0.1, 0.15) is 5.75 Å². The van der Waals surface area contributed by atoms with Crippen LogP contribution in [0.4, 0.5) is 5.69 Å². The van der Waals surface area contributed by atoms with E-state index in [4.69, 9.17) is 17.0 Å². The quantitative estimate of drug-likeness (QED) is 0.589. The molecule has 24 heavy (non-hydrogen) atoms. The van der Waals surface area contributed by atoms with Crippen LogP contribution in [0.25, 0.3) is 6.08 Å². The lowest BCUT2D eigenvalue weighted by atomic mass is 10.0. The molecule has 0 atom stereocenters. The Hall–Kier alpha value is -2.11. The van der Waals surface area contributed by atoms with Crippen molar-refractivity contribution in [2.45, 2.75) is 13.8 Å². The van der Waals surface area contributed by atoms with Gasteiger partial charge >= 0.3 is 0 Å². The minimum Gasteiger partial charge on any atom is -0.497 e. The van der Waals surface area contributed by atoms with Gasteiger partial charge in [-0.2, -0.15) is 0 Å². The molecule has 3 nitrogen and oxygen atoms in total. The van der Waals surface area contributed by atoms with Crippen LogP contribution in [-0.4, -0.2) is 17.3 Å². The molecule has 0 aliphatic carbocycles. The predicted octanol–water partition coefficient (Wildman–Crippen LogP) is 4.72. The van der Waals surface area contributed by atoms with Crippen LogP contribution in [0.5, 0.6) is 5.75 Å².